The van der Waals surface area contributed by atoms with Gasteiger partial charge in [-0.2, -0.15) is 24.9 Å². The Bertz CT molecular complexity index is 450. The van der Waals surface area contributed by atoms with Crippen LogP contribution in [0.2, 0.25) is 5.02 Å². The zero-order valence-corrected chi connectivity index (χ0v) is 12.0. The maximum Gasteiger partial charge on any atom is 0.416 e. The number of nitrogens with one attached hydrogen (secondary N) is 1. The maximum absolute atomic E-state index is 12.7. The summed E-state index contributed by atoms with van der Waals surface area (Å²) in [5.74, 6) is 1.11. The van der Waals surface area contributed by atoms with Crippen LogP contribution >= 0.6 is 23.4 Å². The molecule has 0 amide bonds. The molecule has 0 saturated carbocycles. The number of rotatable bonds is 2. The topological polar surface area (TPSA) is 12.0 Å². The van der Waals surface area contributed by atoms with Gasteiger partial charge in [-0.3, -0.25) is 0 Å². The highest BCUT2D eigenvalue weighted by molar-refractivity contribution is 8.00. The van der Waals surface area contributed by atoms with Crippen molar-refractivity contribution in [2.45, 2.75) is 37.2 Å². The molecule has 19 heavy (non-hydrogen) atoms. The first-order valence-corrected chi connectivity index (χ1v) is 7.55. The minimum absolute atomic E-state index is 0.105. The quantitative estimate of drug-likeness (QED) is 0.820. The molecular weight excluding hydrogens is 295 g/mol. The Labute approximate surface area is 119 Å². The monoisotopic (exact) mass is 309 g/mol. The molecule has 2 unspecified atom stereocenters. The number of halogens is 4. The zero-order valence-electron chi connectivity index (χ0n) is 10.4. The number of thioether (sulfide) groups is 1. The van der Waals surface area contributed by atoms with Crippen molar-refractivity contribution >= 4 is 29.1 Å². The molecule has 1 aromatic rings. The van der Waals surface area contributed by atoms with E-state index in [0.29, 0.717) is 10.9 Å². The Morgan fingerprint density at radius 2 is 2.05 bits per heavy atom. The molecule has 2 atom stereocenters. The molecule has 2 rings (SSSR count). The van der Waals surface area contributed by atoms with Gasteiger partial charge in [-0.25, -0.2) is 0 Å². The van der Waals surface area contributed by atoms with E-state index in [2.05, 4.69) is 12.2 Å². The largest absolute Gasteiger partial charge is 0.416 e. The lowest BCUT2D eigenvalue weighted by molar-refractivity contribution is -0.137. The molecule has 1 N–H and O–H groups in total. The van der Waals surface area contributed by atoms with Gasteiger partial charge in [0.25, 0.3) is 0 Å². The second-order valence-electron chi connectivity index (χ2n) is 4.70. The molecule has 106 valence electrons. The summed E-state index contributed by atoms with van der Waals surface area (Å²) in [6.07, 6.45) is -2.31. The van der Waals surface area contributed by atoms with Crippen molar-refractivity contribution in [2.75, 3.05) is 11.1 Å². The minimum Gasteiger partial charge on any atom is -0.381 e. The predicted octanol–water partition coefficient (Wildman–Crippen LogP) is 5.05. The van der Waals surface area contributed by atoms with Crippen molar-refractivity contribution in [1.82, 2.24) is 0 Å². The molecule has 6 heteroatoms. The summed E-state index contributed by atoms with van der Waals surface area (Å²) in [4.78, 5) is 0. The predicted molar refractivity (Wildman–Crippen MR) is 75.0 cm³/mol. The molecule has 1 saturated heterocycles. The highest BCUT2D eigenvalue weighted by atomic mass is 35.5. The second kappa shape index (κ2) is 5.83. The molecule has 1 nitrogen and oxygen atoms in total. The van der Waals surface area contributed by atoms with Crippen LogP contribution in [0.3, 0.4) is 0 Å². The summed E-state index contributed by atoms with van der Waals surface area (Å²) in [5.41, 5.74) is -0.266. The van der Waals surface area contributed by atoms with E-state index in [1.165, 1.54) is 0 Å². The van der Waals surface area contributed by atoms with Gasteiger partial charge in [-0.05, 0) is 36.8 Å². The van der Waals surface area contributed by atoms with Gasteiger partial charge in [0.1, 0.15) is 0 Å². The van der Waals surface area contributed by atoms with Crippen LogP contribution in [0.25, 0.3) is 0 Å². The smallest absolute Gasteiger partial charge is 0.381 e. The fourth-order valence-corrected chi connectivity index (χ4v) is 3.54. The van der Waals surface area contributed by atoms with E-state index in [4.69, 9.17) is 11.6 Å². The Morgan fingerprint density at radius 3 is 2.68 bits per heavy atom. The third kappa shape index (κ3) is 3.96. The molecule has 1 aromatic carbocycles. The highest BCUT2D eigenvalue weighted by Gasteiger charge is 2.31. The van der Waals surface area contributed by atoms with Gasteiger partial charge in [-0.15, -0.1) is 0 Å². The first-order valence-electron chi connectivity index (χ1n) is 6.12. The van der Waals surface area contributed by atoms with Crippen LogP contribution in [0.15, 0.2) is 18.2 Å². The van der Waals surface area contributed by atoms with Gasteiger partial charge in [-0.1, -0.05) is 18.5 Å². The van der Waals surface area contributed by atoms with Gasteiger partial charge in [0, 0.05) is 22.0 Å². The maximum atomic E-state index is 12.7. The summed E-state index contributed by atoms with van der Waals surface area (Å²) in [7, 11) is 0. The van der Waals surface area contributed by atoms with Crippen molar-refractivity contribution in [3.63, 3.8) is 0 Å². The third-order valence-corrected chi connectivity index (χ3v) is 4.78. The van der Waals surface area contributed by atoms with E-state index in [0.717, 1.165) is 30.7 Å². The molecule has 1 fully saturated rings. The van der Waals surface area contributed by atoms with Crippen molar-refractivity contribution in [2.24, 2.45) is 0 Å². The molecule has 0 spiro atoms. The Hall–Kier alpha value is -0.550. The zero-order chi connectivity index (χ0) is 14.0. The average Bonchev–Trinajstić information content (AvgIpc) is 2.30. The van der Waals surface area contributed by atoms with E-state index in [1.807, 2.05) is 11.8 Å². The summed E-state index contributed by atoms with van der Waals surface area (Å²) in [6, 6.07) is 3.81. The summed E-state index contributed by atoms with van der Waals surface area (Å²) >= 11 is 7.61. The highest BCUT2D eigenvalue weighted by Crippen LogP contribution is 2.34. The lowest BCUT2D eigenvalue weighted by Crippen LogP contribution is -2.32. The lowest BCUT2D eigenvalue weighted by Gasteiger charge is -2.30. The fraction of sp³-hybridized carbons (Fsp3) is 0.538. The van der Waals surface area contributed by atoms with Crippen molar-refractivity contribution in [3.8, 4) is 0 Å². The average molecular weight is 310 g/mol. The molecular formula is C13H15ClF3NS. The molecule has 0 aliphatic carbocycles. The number of alkyl halides is 3. The summed E-state index contributed by atoms with van der Waals surface area (Å²) in [5, 5.41) is 3.67. The fourth-order valence-electron chi connectivity index (χ4n) is 2.16. The van der Waals surface area contributed by atoms with Crippen LogP contribution in [0.5, 0.6) is 0 Å². The van der Waals surface area contributed by atoms with Crippen LogP contribution in [0.1, 0.15) is 25.3 Å². The van der Waals surface area contributed by atoms with Gasteiger partial charge >= 0.3 is 6.18 Å². The molecule has 1 aliphatic heterocycles. The molecule has 0 aromatic heterocycles. The molecule has 0 bridgehead atoms. The van der Waals surface area contributed by atoms with Crippen LogP contribution < -0.4 is 5.32 Å². The van der Waals surface area contributed by atoms with Crippen LogP contribution in [0, 0.1) is 0 Å². The van der Waals surface area contributed by atoms with Crippen LogP contribution in [-0.2, 0) is 6.18 Å². The number of benzene rings is 1. The Kier molecular flexibility index (Phi) is 4.56. The van der Waals surface area contributed by atoms with Gasteiger partial charge < -0.3 is 5.32 Å². The van der Waals surface area contributed by atoms with Crippen LogP contribution in [-0.4, -0.2) is 17.0 Å². The minimum atomic E-state index is -4.37. The Balaban J connectivity index is 2.18. The van der Waals surface area contributed by atoms with Crippen LogP contribution in [0.4, 0.5) is 18.9 Å². The van der Waals surface area contributed by atoms with Gasteiger partial charge in [0.15, 0.2) is 0 Å². The van der Waals surface area contributed by atoms with E-state index >= 15 is 0 Å². The second-order valence-corrected chi connectivity index (χ2v) is 6.62. The van der Waals surface area contributed by atoms with Gasteiger partial charge in [0.05, 0.1) is 5.56 Å². The molecule has 1 heterocycles. The van der Waals surface area contributed by atoms with Crippen molar-refractivity contribution in [3.05, 3.63) is 28.8 Å². The Morgan fingerprint density at radius 1 is 1.32 bits per heavy atom. The normalized spacial score (nSPS) is 24.3. The van der Waals surface area contributed by atoms with E-state index in [1.54, 1.807) is 6.07 Å². The first kappa shape index (κ1) is 14.9. The standard InChI is InChI=1S/C13H15ClF3NS/c1-8-12(3-2-4-19-8)18-11-6-9(13(15,16)17)5-10(14)7-11/h5-8,12,18H,2-4H2,1H3. The first-order chi connectivity index (χ1) is 8.86. The van der Waals surface area contributed by atoms with E-state index in [-0.39, 0.29) is 11.1 Å². The summed E-state index contributed by atoms with van der Waals surface area (Å²) < 4.78 is 38.1. The molecule has 0 radical (unpaired) electrons. The number of anilines is 1. The SMILES string of the molecule is CC1SCCCC1Nc1cc(Cl)cc(C(F)(F)F)c1. The molecule has 1 aliphatic rings. The van der Waals surface area contributed by atoms with Crippen molar-refractivity contribution < 1.29 is 13.2 Å². The van der Waals surface area contributed by atoms with Gasteiger partial charge in [0.2, 0.25) is 0 Å². The lowest BCUT2D eigenvalue weighted by atomic mass is 10.1. The summed E-state index contributed by atoms with van der Waals surface area (Å²) in [6.45, 7) is 2.09. The number of hydrogen-bond acceptors (Lipinski definition) is 2. The number of hydrogen-bond donors (Lipinski definition) is 1. The van der Waals surface area contributed by atoms with E-state index < -0.39 is 11.7 Å². The third-order valence-electron chi connectivity index (χ3n) is 3.18. The van der Waals surface area contributed by atoms with Crippen molar-refractivity contribution in [1.29, 1.82) is 0 Å². The van der Waals surface area contributed by atoms with E-state index in [9.17, 15) is 13.2 Å².